The van der Waals surface area contributed by atoms with Crippen LogP contribution in [0.2, 0.25) is 0 Å². The molecule has 0 saturated carbocycles. The molecule has 1 N–H and O–H groups in total. The number of pyridine rings is 2. The van der Waals surface area contributed by atoms with Gasteiger partial charge in [-0.1, -0.05) is 11.2 Å². The number of hydrogen-bond donors (Lipinski definition) is 1. The summed E-state index contributed by atoms with van der Waals surface area (Å²) in [5.41, 5.74) is 1.95. The van der Waals surface area contributed by atoms with Crippen molar-refractivity contribution >= 4 is 5.91 Å². The number of carbonyl (C=O) groups is 1. The van der Waals surface area contributed by atoms with Gasteiger partial charge in [0.15, 0.2) is 0 Å². The molecule has 1 saturated heterocycles. The van der Waals surface area contributed by atoms with E-state index in [2.05, 4.69) is 20.4 Å². The Morgan fingerprint density at radius 1 is 1.32 bits per heavy atom. The highest BCUT2D eigenvalue weighted by atomic mass is 16.5. The van der Waals surface area contributed by atoms with Gasteiger partial charge in [0.25, 0.3) is 11.5 Å². The van der Waals surface area contributed by atoms with Crippen molar-refractivity contribution in [2.45, 2.75) is 45.8 Å². The summed E-state index contributed by atoms with van der Waals surface area (Å²) in [6, 6.07) is 7.30. The fourth-order valence-corrected chi connectivity index (χ4v) is 3.75. The van der Waals surface area contributed by atoms with Gasteiger partial charge < -0.3 is 19.1 Å². The molecule has 1 aliphatic rings. The second kappa shape index (κ2) is 9.22. The molecule has 1 aliphatic heterocycles. The number of nitrogens with one attached hydrogen (secondary N) is 1. The summed E-state index contributed by atoms with van der Waals surface area (Å²) in [6.45, 7) is 5.09. The van der Waals surface area contributed by atoms with Crippen LogP contribution in [0, 0.1) is 13.8 Å². The minimum absolute atomic E-state index is 0.0147. The second-order valence-electron chi connectivity index (χ2n) is 7.63. The van der Waals surface area contributed by atoms with Crippen LogP contribution in [-0.2, 0) is 17.7 Å². The van der Waals surface area contributed by atoms with Gasteiger partial charge in [0.05, 0.1) is 12.6 Å². The highest BCUT2D eigenvalue weighted by Gasteiger charge is 2.22. The predicted molar refractivity (Wildman–Crippen MR) is 113 cm³/mol. The van der Waals surface area contributed by atoms with E-state index >= 15 is 0 Å². The Morgan fingerprint density at radius 2 is 2.19 bits per heavy atom. The van der Waals surface area contributed by atoms with Crippen LogP contribution in [0.25, 0.3) is 11.5 Å². The molecule has 1 unspecified atom stereocenters. The minimum Gasteiger partial charge on any atom is -0.376 e. The van der Waals surface area contributed by atoms with Crippen molar-refractivity contribution in [3.63, 3.8) is 0 Å². The Morgan fingerprint density at radius 3 is 2.94 bits per heavy atom. The minimum atomic E-state index is -0.409. The summed E-state index contributed by atoms with van der Waals surface area (Å²) >= 11 is 0. The Labute approximate surface area is 179 Å². The number of aromatic nitrogens is 4. The van der Waals surface area contributed by atoms with Gasteiger partial charge in [-0.15, -0.1) is 0 Å². The summed E-state index contributed by atoms with van der Waals surface area (Å²) in [6.07, 6.45) is 3.93. The maximum atomic E-state index is 13.0. The van der Waals surface area contributed by atoms with Crippen LogP contribution in [0.1, 0.15) is 40.3 Å². The Kier molecular flexibility index (Phi) is 6.22. The van der Waals surface area contributed by atoms with E-state index in [0.29, 0.717) is 35.9 Å². The van der Waals surface area contributed by atoms with Crippen LogP contribution < -0.4 is 10.9 Å². The zero-order valence-corrected chi connectivity index (χ0v) is 17.6. The highest BCUT2D eigenvalue weighted by Crippen LogP contribution is 2.15. The second-order valence-corrected chi connectivity index (χ2v) is 7.63. The van der Waals surface area contributed by atoms with Gasteiger partial charge in [0.2, 0.25) is 11.7 Å². The molecule has 162 valence electrons. The lowest BCUT2D eigenvalue weighted by molar-refractivity contribution is 0.0927. The summed E-state index contributed by atoms with van der Waals surface area (Å²) < 4.78 is 12.5. The Balaban J connectivity index is 1.41. The molecule has 1 fully saturated rings. The highest BCUT2D eigenvalue weighted by molar-refractivity contribution is 5.95. The zero-order chi connectivity index (χ0) is 21.8. The van der Waals surface area contributed by atoms with Gasteiger partial charge in [-0.3, -0.25) is 14.6 Å². The van der Waals surface area contributed by atoms with E-state index in [-0.39, 0.29) is 23.8 Å². The van der Waals surface area contributed by atoms with Crippen LogP contribution >= 0.6 is 0 Å². The van der Waals surface area contributed by atoms with Crippen LogP contribution in [0.4, 0.5) is 0 Å². The molecule has 3 aromatic rings. The van der Waals surface area contributed by atoms with Crippen molar-refractivity contribution in [3.05, 3.63) is 63.5 Å². The normalized spacial score (nSPS) is 15.9. The molecule has 0 radical (unpaired) electrons. The molecular weight excluding hydrogens is 398 g/mol. The average Bonchev–Trinajstić information content (AvgIpc) is 3.44. The number of carbonyl (C=O) groups excluding carboxylic acids is 1. The first-order valence-electron chi connectivity index (χ1n) is 10.4. The van der Waals surface area contributed by atoms with E-state index < -0.39 is 5.91 Å². The fourth-order valence-electron chi connectivity index (χ4n) is 3.75. The number of rotatable bonds is 7. The quantitative estimate of drug-likeness (QED) is 0.619. The van der Waals surface area contributed by atoms with E-state index in [1.807, 2.05) is 25.1 Å². The maximum Gasteiger partial charge on any atom is 0.263 e. The Bertz CT molecular complexity index is 1120. The van der Waals surface area contributed by atoms with Gasteiger partial charge in [0, 0.05) is 31.5 Å². The number of ether oxygens (including phenoxy) is 1. The molecule has 0 bridgehead atoms. The molecular formula is C22H25N5O4. The van der Waals surface area contributed by atoms with E-state index in [4.69, 9.17) is 9.26 Å². The van der Waals surface area contributed by atoms with Crippen molar-refractivity contribution in [1.29, 1.82) is 0 Å². The van der Waals surface area contributed by atoms with Crippen molar-refractivity contribution < 1.29 is 14.1 Å². The number of nitrogens with zero attached hydrogens (tertiary/aromatic N) is 4. The first-order chi connectivity index (χ1) is 15.0. The van der Waals surface area contributed by atoms with Crippen molar-refractivity contribution in [2.75, 3.05) is 13.2 Å². The third kappa shape index (κ3) is 4.72. The number of aryl methyl sites for hydroxylation is 2. The molecule has 0 aliphatic carbocycles. The lowest BCUT2D eigenvalue weighted by Crippen LogP contribution is -2.37. The third-order valence-corrected chi connectivity index (χ3v) is 5.33. The van der Waals surface area contributed by atoms with E-state index in [1.54, 1.807) is 23.8 Å². The largest absolute Gasteiger partial charge is 0.376 e. The number of amides is 1. The molecule has 0 aromatic carbocycles. The molecule has 31 heavy (non-hydrogen) atoms. The van der Waals surface area contributed by atoms with Crippen LogP contribution in [0.15, 0.2) is 39.8 Å². The van der Waals surface area contributed by atoms with Gasteiger partial charge in [-0.25, -0.2) is 0 Å². The van der Waals surface area contributed by atoms with Crippen LogP contribution in [-0.4, -0.2) is 44.9 Å². The van der Waals surface area contributed by atoms with Gasteiger partial charge in [0.1, 0.15) is 11.3 Å². The standard InChI is InChI=1S/C22H25N5O4/c1-14-12-15(2)27(13-16-6-5-11-30-16)22(29)19(14)21(28)24-10-8-18-25-20(26-31-18)17-7-3-4-9-23-17/h3-4,7,9,12,16H,5-6,8,10-11,13H2,1-2H3,(H,24,28). The molecule has 4 rings (SSSR count). The Hall–Kier alpha value is -3.33. The van der Waals surface area contributed by atoms with E-state index in [0.717, 1.165) is 25.1 Å². The molecule has 4 heterocycles. The topological polar surface area (TPSA) is 112 Å². The molecule has 0 spiro atoms. The molecule has 9 nitrogen and oxygen atoms in total. The van der Waals surface area contributed by atoms with Gasteiger partial charge in [-0.2, -0.15) is 4.98 Å². The summed E-state index contributed by atoms with van der Waals surface area (Å²) in [4.78, 5) is 34.3. The maximum absolute atomic E-state index is 13.0. The van der Waals surface area contributed by atoms with Crippen molar-refractivity contribution in [2.24, 2.45) is 0 Å². The van der Waals surface area contributed by atoms with E-state index in [1.165, 1.54) is 0 Å². The van der Waals surface area contributed by atoms with Gasteiger partial charge >= 0.3 is 0 Å². The monoisotopic (exact) mass is 423 g/mol. The lowest BCUT2D eigenvalue weighted by Gasteiger charge is -2.17. The molecule has 1 amide bonds. The molecule has 9 heteroatoms. The first-order valence-corrected chi connectivity index (χ1v) is 10.4. The molecule has 1 atom stereocenters. The predicted octanol–water partition coefficient (Wildman–Crippen LogP) is 2.06. The fraction of sp³-hybridized carbons (Fsp3) is 0.409. The summed E-state index contributed by atoms with van der Waals surface area (Å²) in [7, 11) is 0. The average molecular weight is 423 g/mol. The van der Waals surface area contributed by atoms with Crippen molar-refractivity contribution in [1.82, 2.24) is 25.0 Å². The lowest BCUT2D eigenvalue weighted by atomic mass is 10.1. The zero-order valence-electron chi connectivity index (χ0n) is 17.6. The third-order valence-electron chi connectivity index (χ3n) is 5.33. The van der Waals surface area contributed by atoms with Crippen LogP contribution in [0.3, 0.4) is 0 Å². The summed E-state index contributed by atoms with van der Waals surface area (Å²) in [5.74, 6) is 0.374. The van der Waals surface area contributed by atoms with Crippen LogP contribution in [0.5, 0.6) is 0 Å². The van der Waals surface area contributed by atoms with Crippen molar-refractivity contribution in [3.8, 4) is 11.5 Å². The summed E-state index contributed by atoms with van der Waals surface area (Å²) in [5, 5.41) is 6.71. The van der Waals surface area contributed by atoms with E-state index in [9.17, 15) is 9.59 Å². The SMILES string of the molecule is Cc1cc(C)n(CC2CCCO2)c(=O)c1C(=O)NCCc1nc(-c2ccccn2)no1. The van der Waals surface area contributed by atoms with Gasteiger partial charge in [-0.05, 0) is 50.5 Å². The molecule has 3 aromatic heterocycles. The first kappa shape index (κ1) is 20.9. The number of hydrogen-bond acceptors (Lipinski definition) is 7. The smallest absolute Gasteiger partial charge is 0.263 e.